The molecule has 0 aliphatic heterocycles. The molecule has 0 spiro atoms. The van der Waals surface area contributed by atoms with Gasteiger partial charge in [-0.25, -0.2) is 8.42 Å². The van der Waals surface area contributed by atoms with Crippen molar-refractivity contribution in [3.63, 3.8) is 0 Å². The van der Waals surface area contributed by atoms with Crippen molar-refractivity contribution in [1.29, 1.82) is 0 Å². The van der Waals surface area contributed by atoms with Gasteiger partial charge in [-0.2, -0.15) is 0 Å². The van der Waals surface area contributed by atoms with Crippen LogP contribution in [0.3, 0.4) is 0 Å². The van der Waals surface area contributed by atoms with Crippen LogP contribution in [0.5, 0.6) is 0 Å². The van der Waals surface area contributed by atoms with Crippen LogP contribution in [0.25, 0.3) is 0 Å². The van der Waals surface area contributed by atoms with Gasteiger partial charge in [0.25, 0.3) is 5.91 Å². The molecule has 1 N–H and O–H groups in total. The molecule has 0 unspecified atom stereocenters. The van der Waals surface area contributed by atoms with E-state index in [4.69, 9.17) is 0 Å². The highest BCUT2D eigenvalue weighted by Crippen LogP contribution is 2.22. The highest BCUT2D eigenvalue weighted by molar-refractivity contribution is 7.92. The summed E-state index contributed by atoms with van der Waals surface area (Å²) in [6.45, 7) is 3.79. The molecule has 0 saturated heterocycles. The fourth-order valence-electron chi connectivity index (χ4n) is 2.68. The highest BCUT2D eigenvalue weighted by atomic mass is 32.2. The summed E-state index contributed by atoms with van der Waals surface area (Å²) in [4.78, 5) is 12.5. The minimum Gasteiger partial charge on any atom is -0.350 e. The fraction of sp³-hybridized carbons (Fsp3) is 0.350. The van der Waals surface area contributed by atoms with Crippen LogP contribution >= 0.6 is 0 Å². The van der Waals surface area contributed by atoms with Gasteiger partial charge in [0.2, 0.25) is 10.0 Å². The summed E-state index contributed by atoms with van der Waals surface area (Å²) in [7, 11) is -1.89. The number of amides is 1. The van der Waals surface area contributed by atoms with Crippen LogP contribution in [0.1, 0.15) is 34.8 Å². The SMILES string of the molecule is Cc1ccc(C(=O)N[C@H](C)CCc2ccccc2)cc1N(C)S(C)(=O)=O. The van der Waals surface area contributed by atoms with Crippen molar-refractivity contribution in [1.82, 2.24) is 5.32 Å². The first-order chi connectivity index (χ1) is 12.2. The van der Waals surface area contributed by atoms with Gasteiger partial charge in [0, 0.05) is 18.7 Å². The quantitative estimate of drug-likeness (QED) is 0.810. The van der Waals surface area contributed by atoms with Crippen LogP contribution in [0, 0.1) is 6.92 Å². The van der Waals surface area contributed by atoms with Gasteiger partial charge in [-0.05, 0) is 49.9 Å². The van der Waals surface area contributed by atoms with E-state index in [0.717, 1.165) is 24.7 Å². The lowest BCUT2D eigenvalue weighted by Crippen LogP contribution is -2.33. The number of benzene rings is 2. The number of aryl methyl sites for hydroxylation is 2. The van der Waals surface area contributed by atoms with E-state index < -0.39 is 10.0 Å². The molecule has 5 nitrogen and oxygen atoms in total. The van der Waals surface area contributed by atoms with Crippen molar-refractivity contribution >= 4 is 21.6 Å². The van der Waals surface area contributed by atoms with Gasteiger partial charge in [0.05, 0.1) is 11.9 Å². The molecular weight excluding hydrogens is 348 g/mol. The first-order valence-electron chi connectivity index (χ1n) is 8.58. The largest absolute Gasteiger partial charge is 0.350 e. The van der Waals surface area contributed by atoms with E-state index in [9.17, 15) is 13.2 Å². The predicted octanol–water partition coefficient (Wildman–Crippen LogP) is 3.14. The molecule has 6 heteroatoms. The number of sulfonamides is 1. The number of nitrogens with one attached hydrogen (secondary N) is 1. The molecule has 1 amide bonds. The number of hydrogen-bond acceptors (Lipinski definition) is 3. The average molecular weight is 375 g/mol. The molecule has 0 bridgehead atoms. The molecule has 26 heavy (non-hydrogen) atoms. The Bertz CT molecular complexity index is 864. The Kier molecular flexibility index (Phi) is 6.42. The van der Waals surface area contributed by atoms with Crippen LogP contribution in [0.15, 0.2) is 48.5 Å². The Hall–Kier alpha value is -2.34. The standard InChI is InChI=1S/C20H26N2O3S/c1-15-10-13-18(14-19(15)22(3)26(4,24)25)20(23)21-16(2)11-12-17-8-6-5-7-9-17/h5-10,13-14,16H,11-12H2,1-4H3,(H,21,23)/t16-/m1/s1. The minimum absolute atomic E-state index is 0.0140. The maximum absolute atomic E-state index is 12.5. The Labute approximate surface area is 156 Å². The van der Waals surface area contributed by atoms with Gasteiger partial charge in [-0.1, -0.05) is 36.4 Å². The molecule has 1 atom stereocenters. The van der Waals surface area contributed by atoms with E-state index in [1.165, 1.54) is 16.9 Å². The van der Waals surface area contributed by atoms with E-state index >= 15 is 0 Å². The van der Waals surface area contributed by atoms with Gasteiger partial charge in [-0.3, -0.25) is 9.10 Å². The maximum atomic E-state index is 12.5. The summed E-state index contributed by atoms with van der Waals surface area (Å²) in [5.74, 6) is -0.200. The Morgan fingerprint density at radius 2 is 1.81 bits per heavy atom. The molecular formula is C20H26N2O3S. The first kappa shape index (κ1) is 20.0. The predicted molar refractivity (Wildman–Crippen MR) is 106 cm³/mol. The third-order valence-electron chi connectivity index (χ3n) is 4.39. The van der Waals surface area contributed by atoms with Crippen molar-refractivity contribution in [2.24, 2.45) is 0 Å². The normalized spacial score (nSPS) is 12.5. The average Bonchev–Trinajstić information content (AvgIpc) is 2.60. The van der Waals surface area contributed by atoms with Gasteiger partial charge in [-0.15, -0.1) is 0 Å². The Balaban J connectivity index is 2.05. The molecule has 0 radical (unpaired) electrons. The first-order valence-corrected chi connectivity index (χ1v) is 10.4. The summed E-state index contributed by atoms with van der Waals surface area (Å²) < 4.78 is 24.8. The van der Waals surface area contributed by atoms with Crippen LogP contribution in [0.2, 0.25) is 0 Å². The van der Waals surface area contributed by atoms with Gasteiger partial charge >= 0.3 is 0 Å². The lowest BCUT2D eigenvalue weighted by molar-refractivity contribution is 0.0938. The zero-order chi connectivity index (χ0) is 19.3. The smallest absolute Gasteiger partial charge is 0.251 e. The summed E-state index contributed by atoms with van der Waals surface area (Å²) >= 11 is 0. The van der Waals surface area contributed by atoms with Crippen molar-refractivity contribution in [2.45, 2.75) is 32.7 Å². The molecule has 0 aliphatic carbocycles. The molecule has 0 heterocycles. The number of nitrogens with zero attached hydrogens (tertiary/aromatic N) is 1. The van der Waals surface area contributed by atoms with Gasteiger partial charge in [0.15, 0.2) is 0 Å². The summed E-state index contributed by atoms with van der Waals surface area (Å²) in [6, 6.07) is 15.3. The zero-order valence-corrected chi connectivity index (χ0v) is 16.5. The highest BCUT2D eigenvalue weighted by Gasteiger charge is 2.17. The minimum atomic E-state index is -3.38. The van der Waals surface area contributed by atoms with Crippen molar-refractivity contribution in [3.05, 3.63) is 65.2 Å². The van der Waals surface area contributed by atoms with Crippen molar-refractivity contribution in [2.75, 3.05) is 17.6 Å². The molecule has 2 aromatic carbocycles. The number of anilines is 1. The molecule has 2 rings (SSSR count). The maximum Gasteiger partial charge on any atom is 0.251 e. The molecule has 0 fully saturated rings. The third kappa shape index (κ3) is 5.33. The number of carbonyl (C=O) groups excluding carboxylic acids is 1. The second-order valence-corrected chi connectivity index (χ2v) is 8.64. The number of carbonyl (C=O) groups is 1. The van der Waals surface area contributed by atoms with Crippen LogP contribution in [-0.4, -0.2) is 33.7 Å². The second kappa shape index (κ2) is 8.36. The monoisotopic (exact) mass is 374 g/mol. The lowest BCUT2D eigenvalue weighted by atomic mass is 10.1. The summed E-state index contributed by atoms with van der Waals surface area (Å²) in [6.07, 6.45) is 2.86. The van der Waals surface area contributed by atoms with Crippen molar-refractivity contribution < 1.29 is 13.2 Å². The number of rotatable bonds is 7. The Morgan fingerprint density at radius 3 is 2.42 bits per heavy atom. The summed E-state index contributed by atoms with van der Waals surface area (Å²) in [5.41, 5.74) is 3.00. The van der Waals surface area contributed by atoms with E-state index in [0.29, 0.717) is 11.3 Å². The molecule has 0 saturated carbocycles. The lowest BCUT2D eigenvalue weighted by Gasteiger charge is -2.20. The fourth-order valence-corrected chi connectivity index (χ4v) is 3.23. The molecule has 0 aliphatic rings. The van der Waals surface area contributed by atoms with E-state index in [1.54, 1.807) is 18.2 Å². The van der Waals surface area contributed by atoms with Crippen molar-refractivity contribution in [3.8, 4) is 0 Å². The molecule has 140 valence electrons. The van der Waals surface area contributed by atoms with Crippen LogP contribution in [-0.2, 0) is 16.4 Å². The van der Waals surface area contributed by atoms with E-state index in [-0.39, 0.29) is 11.9 Å². The zero-order valence-electron chi connectivity index (χ0n) is 15.7. The third-order valence-corrected chi connectivity index (χ3v) is 5.59. The topological polar surface area (TPSA) is 66.5 Å². The van der Waals surface area contributed by atoms with Crippen LogP contribution < -0.4 is 9.62 Å². The molecule has 0 aromatic heterocycles. The molecule has 2 aromatic rings. The number of hydrogen-bond donors (Lipinski definition) is 1. The summed E-state index contributed by atoms with van der Waals surface area (Å²) in [5, 5.41) is 2.98. The van der Waals surface area contributed by atoms with E-state index in [2.05, 4.69) is 17.4 Å². The Morgan fingerprint density at radius 1 is 1.15 bits per heavy atom. The van der Waals surface area contributed by atoms with E-state index in [1.807, 2.05) is 32.0 Å². The van der Waals surface area contributed by atoms with Gasteiger partial charge < -0.3 is 5.32 Å². The van der Waals surface area contributed by atoms with Gasteiger partial charge in [0.1, 0.15) is 0 Å². The second-order valence-electron chi connectivity index (χ2n) is 6.63. The van der Waals surface area contributed by atoms with Crippen LogP contribution in [0.4, 0.5) is 5.69 Å².